The fourth-order valence-corrected chi connectivity index (χ4v) is 2.99. The molecule has 0 amide bonds. The molecule has 0 radical (unpaired) electrons. The molecule has 5 heteroatoms. The Kier molecular flexibility index (Phi) is 3.60. The number of benzene rings is 1. The number of aromatic nitrogens is 1. The molecule has 0 bridgehead atoms. The summed E-state index contributed by atoms with van der Waals surface area (Å²) in [6.45, 7) is 6.38. The largest absolute Gasteiger partial charge is 0.481 e. The molecule has 1 aromatic carbocycles. The fourth-order valence-electron chi connectivity index (χ4n) is 1.93. The highest BCUT2D eigenvalue weighted by atomic mass is 32.1. The second-order valence-electron chi connectivity index (χ2n) is 5.59. The van der Waals surface area contributed by atoms with E-state index in [2.05, 4.69) is 25.8 Å². The Bertz CT molecular complexity index is 613. The van der Waals surface area contributed by atoms with Crippen LogP contribution in [0.15, 0.2) is 18.2 Å². The molecule has 1 atom stereocenters. The van der Waals surface area contributed by atoms with Crippen LogP contribution in [-0.4, -0.2) is 22.6 Å². The minimum absolute atomic E-state index is 0.0393. The van der Waals surface area contributed by atoms with E-state index >= 15 is 0 Å². The molecule has 0 aliphatic carbocycles. The van der Waals surface area contributed by atoms with Gasteiger partial charge in [0, 0.05) is 12.0 Å². The number of hydrogen-bond acceptors (Lipinski definition) is 4. The molecule has 1 unspecified atom stereocenters. The summed E-state index contributed by atoms with van der Waals surface area (Å²) < 4.78 is 1.02. The van der Waals surface area contributed by atoms with Crippen molar-refractivity contribution in [2.24, 2.45) is 5.73 Å². The lowest BCUT2D eigenvalue weighted by molar-refractivity contribution is -0.138. The Hall–Kier alpha value is -1.46. The first-order valence-electron chi connectivity index (χ1n) is 6.17. The standard InChI is InChI=1S/C14H18N2O2S/c1-14(2,3)13-16-11-8(9(7-15)12(17)18)5-4-6-10(11)19-13/h4-6,9H,7,15H2,1-3H3,(H,17,18). The number of aliphatic carboxylic acids is 1. The van der Waals surface area contributed by atoms with E-state index in [1.807, 2.05) is 12.1 Å². The van der Waals surface area contributed by atoms with Gasteiger partial charge in [-0.3, -0.25) is 4.79 Å². The van der Waals surface area contributed by atoms with E-state index < -0.39 is 11.9 Å². The summed E-state index contributed by atoms with van der Waals surface area (Å²) >= 11 is 1.61. The van der Waals surface area contributed by atoms with Crippen molar-refractivity contribution < 1.29 is 9.90 Å². The normalized spacial score (nSPS) is 13.7. The lowest BCUT2D eigenvalue weighted by Gasteiger charge is -2.13. The lowest BCUT2D eigenvalue weighted by Crippen LogP contribution is -2.21. The molecule has 4 nitrogen and oxygen atoms in total. The minimum Gasteiger partial charge on any atom is -0.481 e. The Morgan fingerprint density at radius 2 is 2.16 bits per heavy atom. The Labute approximate surface area is 116 Å². The van der Waals surface area contributed by atoms with Crippen LogP contribution in [-0.2, 0) is 10.2 Å². The maximum Gasteiger partial charge on any atom is 0.312 e. The zero-order valence-electron chi connectivity index (χ0n) is 11.3. The van der Waals surface area contributed by atoms with E-state index in [-0.39, 0.29) is 12.0 Å². The first-order chi connectivity index (χ1) is 8.84. The van der Waals surface area contributed by atoms with Crippen LogP contribution < -0.4 is 5.73 Å². The molecular weight excluding hydrogens is 260 g/mol. The molecule has 2 aromatic rings. The van der Waals surface area contributed by atoms with Crippen molar-refractivity contribution in [1.82, 2.24) is 4.98 Å². The average Bonchev–Trinajstić information content (AvgIpc) is 2.73. The topological polar surface area (TPSA) is 76.2 Å². The number of rotatable bonds is 3. The van der Waals surface area contributed by atoms with Crippen LogP contribution in [0.5, 0.6) is 0 Å². The van der Waals surface area contributed by atoms with Gasteiger partial charge in [0.25, 0.3) is 0 Å². The van der Waals surface area contributed by atoms with E-state index in [4.69, 9.17) is 5.73 Å². The van der Waals surface area contributed by atoms with E-state index in [0.29, 0.717) is 5.56 Å². The summed E-state index contributed by atoms with van der Waals surface area (Å²) in [5.41, 5.74) is 7.03. The van der Waals surface area contributed by atoms with Gasteiger partial charge < -0.3 is 10.8 Å². The van der Waals surface area contributed by atoms with Gasteiger partial charge in [0.2, 0.25) is 0 Å². The number of nitrogens with zero attached hydrogens (tertiary/aromatic N) is 1. The van der Waals surface area contributed by atoms with Crippen molar-refractivity contribution in [3.8, 4) is 0 Å². The van der Waals surface area contributed by atoms with Crippen molar-refractivity contribution in [3.63, 3.8) is 0 Å². The quantitative estimate of drug-likeness (QED) is 0.905. The molecule has 0 saturated carbocycles. The highest BCUT2D eigenvalue weighted by Crippen LogP contribution is 2.34. The monoisotopic (exact) mass is 278 g/mol. The van der Waals surface area contributed by atoms with Crippen LogP contribution in [0.3, 0.4) is 0 Å². The van der Waals surface area contributed by atoms with Crippen molar-refractivity contribution in [2.75, 3.05) is 6.54 Å². The number of fused-ring (bicyclic) bond motifs is 1. The number of carboxylic acid groups (broad SMARTS) is 1. The third-order valence-electron chi connectivity index (χ3n) is 3.00. The van der Waals surface area contributed by atoms with Crippen LogP contribution >= 0.6 is 11.3 Å². The molecule has 0 saturated heterocycles. The van der Waals surface area contributed by atoms with Gasteiger partial charge in [0.1, 0.15) is 0 Å². The molecule has 1 heterocycles. The maximum absolute atomic E-state index is 11.3. The van der Waals surface area contributed by atoms with Crippen molar-refractivity contribution in [3.05, 3.63) is 28.8 Å². The SMILES string of the molecule is CC(C)(C)c1nc2c(C(CN)C(=O)O)cccc2s1. The molecule has 19 heavy (non-hydrogen) atoms. The van der Waals surface area contributed by atoms with E-state index in [9.17, 15) is 9.90 Å². The second kappa shape index (κ2) is 4.90. The summed E-state index contributed by atoms with van der Waals surface area (Å²) in [5, 5.41) is 10.3. The van der Waals surface area contributed by atoms with Gasteiger partial charge in [-0.1, -0.05) is 32.9 Å². The molecule has 0 aliphatic rings. The first kappa shape index (κ1) is 14.0. The Morgan fingerprint density at radius 1 is 1.47 bits per heavy atom. The Balaban J connectivity index is 2.63. The number of carboxylic acids is 1. The fraction of sp³-hybridized carbons (Fsp3) is 0.429. The van der Waals surface area contributed by atoms with Crippen molar-refractivity contribution >= 4 is 27.5 Å². The second-order valence-corrected chi connectivity index (χ2v) is 6.62. The highest BCUT2D eigenvalue weighted by molar-refractivity contribution is 7.18. The average molecular weight is 278 g/mol. The van der Waals surface area contributed by atoms with Gasteiger partial charge in [-0.25, -0.2) is 4.98 Å². The number of thiazole rings is 1. The maximum atomic E-state index is 11.3. The molecule has 1 aromatic heterocycles. The summed E-state index contributed by atoms with van der Waals surface area (Å²) in [7, 11) is 0. The van der Waals surface area contributed by atoms with Gasteiger partial charge in [-0.2, -0.15) is 0 Å². The predicted octanol–water partition coefficient (Wildman–Crippen LogP) is 2.72. The highest BCUT2D eigenvalue weighted by Gasteiger charge is 2.24. The van der Waals surface area contributed by atoms with E-state index in [1.165, 1.54) is 0 Å². The molecule has 2 rings (SSSR count). The Morgan fingerprint density at radius 3 is 2.68 bits per heavy atom. The number of nitrogens with two attached hydrogens (primary N) is 1. The third kappa shape index (κ3) is 2.62. The van der Waals surface area contributed by atoms with E-state index in [0.717, 1.165) is 15.2 Å². The van der Waals surface area contributed by atoms with Crippen LogP contribution in [0.2, 0.25) is 0 Å². The smallest absolute Gasteiger partial charge is 0.312 e. The molecule has 0 fully saturated rings. The summed E-state index contributed by atoms with van der Waals surface area (Å²) in [6.07, 6.45) is 0. The molecule has 0 aliphatic heterocycles. The predicted molar refractivity (Wildman–Crippen MR) is 77.8 cm³/mol. The molecule has 3 N–H and O–H groups in total. The van der Waals surface area contributed by atoms with Crippen molar-refractivity contribution in [1.29, 1.82) is 0 Å². The van der Waals surface area contributed by atoms with Crippen LogP contribution in [0.25, 0.3) is 10.2 Å². The van der Waals surface area contributed by atoms with Crippen LogP contribution in [0, 0.1) is 0 Å². The van der Waals surface area contributed by atoms with Gasteiger partial charge in [-0.15, -0.1) is 11.3 Å². The molecule has 0 spiro atoms. The van der Waals surface area contributed by atoms with E-state index in [1.54, 1.807) is 17.4 Å². The third-order valence-corrected chi connectivity index (χ3v) is 4.45. The van der Waals surface area contributed by atoms with Gasteiger partial charge >= 0.3 is 5.97 Å². The molecule has 102 valence electrons. The van der Waals surface area contributed by atoms with Crippen LogP contribution in [0.1, 0.15) is 37.3 Å². The minimum atomic E-state index is -0.902. The number of carbonyl (C=O) groups is 1. The first-order valence-corrected chi connectivity index (χ1v) is 6.99. The number of hydrogen-bond donors (Lipinski definition) is 2. The van der Waals surface area contributed by atoms with Gasteiger partial charge in [0.15, 0.2) is 0 Å². The summed E-state index contributed by atoms with van der Waals surface area (Å²) in [4.78, 5) is 15.9. The zero-order chi connectivity index (χ0) is 14.2. The van der Waals surface area contributed by atoms with Crippen LogP contribution in [0.4, 0.5) is 0 Å². The lowest BCUT2D eigenvalue weighted by atomic mass is 9.97. The summed E-state index contributed by atoms with van der Waals surface area (Å²) in [6, 6.07) is 5.65. The zero-order valence-corrected chi connectivity index (χ0v) is 12.1. The van der Waals surface area contributed by atoms with Crippen molar-refractivity contribution in [2.45, 2.75) is 32.1 Å². The number of para-hydroxylation sites is 1. The van der Waals surface area contributed by atoms with Gasteiger partial charge in [0.05, 0.1) is 21.1 Å². The summed E-state index contributed by atoms with van der Waals surface area (Å²) in [5.74, 6) is -1.60. The molecular formula is C14H18N2O2S. The van der Waals surface area contributed by atoms with Gasteiger partial charge in [-0.05, 0) is 11.6 Å².